The monoisotopic (exact) mass is 256 g/mol. The van der Waals surface area contributed by atoms with Gasteiger partial charge in [-0.05, 0) is 44.1 Å². The van der Waals surface area contributed by atoms with E-state index in [0.29, 0.717) is 5.57 Å². The lowest BCUT2D eigenvalue weighted by Gasteiger charge is -2.10. The molecule has 0 saturated heterocycles. The zero-order chi connectivity index (χ0) is 13.7. The van der Waals surface area contributed by atoms with Crippen molar-refractivity contribution >= 4 is 39.5 Å². The van der Waals surface area contributed by atoms with E-state index in [0.717, 1.165) is 15.8 Å². The van der Waals surface area contributed by atoms with Crippen molar-refractivity contribution in [1.82, 2.24) is 0 Å². The summed E-state index contributed by atoms with van der Waals surface area (Å²) in [6, 6.07) is 16.6. The minimum Gasteiger partial charge on any atom is -0.289 e. The molecule has 0 fully saturated rings. The molecular formula is C19H12O. The average Bonchev–Trinajstić information content (AvgIpc) is 2.49. The molecule has 94 valence electrons. The van der Waals surface area contributed by atoms with Gasteiger partial charge >= 0.3 is 0 Å². The third-order valence-electron chi connectivity index (χ3n) is 3.93. The van der Waals surface area contributed by atoms with Crippen LogP contribution in [0, 0.1) is 0 Å². The summed E-state index contributed by atoms with van der Waals surface area (Å²) in [5.74, 6) is -0.00191. The topological polar surface area (TPSA) is 17.1 Å². The van der Waals surface area contributed by atoms with Crippen LogP contribution in [0.15, 0.2) is 60.7 Å². The molecule has 0 radical (unpaired) electrons. The lowest BCUT2D eigenvalue weighted by atomic mass is 9.93. The number of carbonyl (C=O) groups excluding carboxylic acids is 1. The molecule has 0 aromatic heterocycles. The first-order valence-corrected chi connectivity index (χ1v) is 6.62. The molecule has 1 aliphatic rings. The van der Waals surface area contributed by atoms with E-state index in [4.69, 9.17) is 0 Å². The van der Waals surface area contributed by atoms with Crippen LogP contribution >= 0.6 is 0 Å². The van der Waals surface area contributed by atoms with Crippen LogP contribution in [0.3, 0.4) is 0 Å². The number of hydrogen-bond donors (Lipinski definition) is 0. The number of hydrogen-bond acceptors (Lipinski definition) is 1. The summed E-state index contributed by atoms with van der Waals surface area (Å²) in [4.78, 5) is 12.0. The van der Waals surface area contributed by atoms with Crippen LogP contribution in [0.1, 0.15) is 0 Å². The maximum absolute atomic E-state index is 12.0. The Morgan fingerprint density at radius 2 is 1.10 bits per heavy atom. The van der Waals surface area contributed by atoms with E-state index in [2.05, 4.69) is 30.8 Å². The van der Waals surface area contributed by atoms with Gasteiger partial charge in [0.25, 0.3) is 0 Å². The molecule has 0 aliphatic heterocycles. The molecule has 1 nitrogen and oxygen atoms in total. The first-order chi connectivity index (χ1) is 9.75. The first-order valence-electron chi connectivity index (χ1n) is 6.62. The Hall–Kier alpha value is -2.67. The summed E-state index contributed by atoms with van der Waals surface area (Å²) < 4.78 is 0. The largest absolute Gasteiger partial charge is 0.289 e. The highest BCUT2D eigenvalue weighted by Crippen LogP contribution is 2.21. The minimum absolute atomic E-state index is 0.00191. The number of Topliss-reactive ketones (excluding diaryl/α,β-unsaturated/α-hetero) is 1. The third kappa shape index (κ3) is 1.41. The Morgan fingerprint density at radius 3 is 1.65 bits per heavy atom. The highest BCUT2D eigenvalue weighted by molar-refractivity contribution is 6.24. The predicted octanol–water partition coefficient (Wildman–Crippen LogP) is 2.69. The highest BCUT2D eigenvalue weighted by Gasteiger charge is 2.11. The van der Waals surface area contributed by atoms with Gasteiger partial charge in [0, 0.05) is 5.57 Å². The van der Waals surface area contributed by atoms with E-state index >= 15 is 0 Å². The van der Waals surface area contributed by atoms with Gasteiger partial charge in [0.2, 0.25) is 0 Å². The first kappa shape index (κ1) is 11.2. The molecule has 0 saturated carbocycles. The van der Waals surface area contributed by atoms with Crippen LogP contribution in [0.4, 0.5) is 0 Å². The van der Waals surface area contributed by atoms with Crippen molar-refractivity contribution in [3.8, 4) is 0 Å². The van der Waals surface area contributed by atoms with Crippen molar-refractivity contribution in [3.05, 3.63) is 71.1 Å². The fourth-order valence-electron chi connectivity index (χ4n) is 2.98. The van der Waals surface area contributed by atoms with E-state index in [9.17, 15) is 4.79 Å². The van der Waals surface area contributed by atoms with Gasteiger partial charge in [-0.2, -0.15) is 0 Å². The molecule has 3 aromatic carbocycles. The van der Waals surface area contributed by atoms with Gasteiger partial charge in [-0.1, -0.05) is 55.1 Å². The van der Waals surface area contributed by atoms with Gasteiger partial charge in [-0.15, -0.1) is 0 Å². The fraction of sp³-hybridized carbons (Fsp3) is 0. The van der Waals surface area contributed by atoms with Crippen molar-refractivity contribution in [2.24, 2.45) is 0 Å². The molecule has 4 rings (SSSR count). The van der Waals surface area contributed by atoms with Gasteiger partial charge in [0.1, 0.15) is 0 Å². The number of carbonyl (C=O) groups is 1. The van der Waals surface area contributed by atoms with Crippen LogP contribution in [-0.4, -0.2) is 5.78 Å². The SMILES string of the molecule is C=C1C=c2c(c3ccccc3c3ccccc23)=CC1=O. The predicted molar refractivity (Wildman–Crippen MR) is 83.8 cm³/mol. The number of ketones is 1. The number of fused-ring (bicyclic) bond motifs is 6. The van der Waals surface area contributed by atoms with Gasteiger partial charge < -0.3 is 0 Å². The van der Waals surface area contributed by atoms with Crippen molar-refractivity contribution in [2.45, 2.75) is 0 Å². The van der Waals surface area contributed by atoms with E-state index in [1.54, 1.807) is 6.08 Å². The Kier molecular flexibility index (Phi) is 2.19. The van der Waals surface area contributed by atoms with Crippen LogP contribution in [0.25, 0.3) is 33.7 Å². The van der Waals surface area contributed by atoms with E-state index in [1.165, 1.54) is 16.2 Å². The zero-order valence-electron chi connectivity index (χ0n) is 10.9. The summed E-state index contributed by atoms with van der Waals surface area (Å²) in [6.07, 6.45) is 3.62. The Balaban J connectivity index is 2.45. The standard InChI is InChI=1S/C19H12O/c1-12-10-17-15-8-4-2-6-13(15)14-7-3-5-9-16(14)18(17)11-19(12)20/h2-11H,1H2. The van der Waals surface area contributed by atoms with Crippen molar-refractivity contribution in [2.75, 3.05) is 0 Å². The normalized spacial score (nSPS) is 14.0. The molecular weight excluding hydrogens is 244 g/mol. The Labute approximate surface area is 116 Å². The molecule has 0 spiro atoms. The second-order valence-corrected chi connectivity index (χ2v) is 5.10. The van der Waals surface area contributed by atoms with Crippen LogP contribution < -0.4 is 10.4 Å². The molecule has 0 bridgehead atoms. The minimum atomic E-state index is -0.00191. The Morgan fingerprint density at radius 1 is 0.650 bits per heavy atom. The van der Waals surface area contributed by atoms with Crippen molar-refractivity contribution in [1.29, 1.82) is 0 Å². The number of rotatable bonds is 0. The highest BCUT2D eigenvalue weighted by atomic mass is 16.1. The average molecular weight is 256 g/mol. The summed E-state index contributed by atoms with van der Waals surface area (Å²) in [5, 5.41) is 6.81. The maximum Gasteiger partial charge on any atom is 0.185 e. The molecule has 20 heavy (non-hydrogen) atoms. The van der Waals surface area contributed by atoms with E-state index in [1.807, 2.05) is 30.3 Å². The zero-order valence-corrected chi connectivity index (χ0v) is 10.9. The Bertz CT molecular complexity index is 938. The van der Waals surface area contributed by atoms with Crippen molar-refractivity contribution in [3.63, 3.8) is 0 Å². The smallest absolute Gasteiger partial charge is 0.185 e. The van der Waals surface area contributed by atoms with Gasteiger partial charge in [-0.25, -0.2) is 0 Å². The quantitative estimate of drug-likeness (QED) is 0.446. The van der Waals surface area contributed by atoms with Gasteiger partial charge in [-0.3, -0.25) is 4.79 Å². The molecule has 1 aliphatic carbocycles. The lowest BCUT2D eigenvalue weighted by Crippen LogP contribution is -2.31. The molecule has 0 unspecified atom stereocenters. The molecule has 0 heterocycles. The van der Waals surface area contributed by atoms with Crippen LogP contribution in [-0.2, 0) is 4.79 Å². The fourth-order valence-corrected chi connectivity index (χ4v) is 2.98. The summed E-state index contributed by atoms with van der Waals surface area (Å²) >= 11 is 0. The van der Waals surface area contributed by atoms with Gasteiger partial charge in [0.05, 0.1) is 0 Å². The van der Waals surface area contributed by atoms with E-state index < -0.39 is 0 Å². The second-order valence-electron chi connectivity index (χ2n) is 5.10. The van der Waals surface area contributed by atoms with E-state index in [-0.39, 0.29) is 5.78 Å². The lowest BCUT2D eigenvalue weighted by molar-refractivity contribution is -0.109. The third-order valence-corrected chi connectivity index (χ3v) is 3.93. The summed E-state index contributed by atoms with van der Waals surface area (Å²) in [5.41, 5.74) is 0.554. The number of allylic oxidation sites excluding steroid dienone is 1. The maximum atomic E-state index is 12.0. The molecule has 0 N–H and O–H groups in total. The van der Waals surface area contributed by atoms with Crippen LogP contribution in [0.2, 0.25) is 0 Å². The second kappa shape index (κ2) is 3.91. The molecule has 0 atom stereocenters. The van der Waals surface area contributed by atoms with Gasteiger partial charge in [0.15, 0.2) is 5.78 Å². The molecule has 3 aromatic rings. The van der Waals surface area contributed by atoms with Crippen molar-refractivity contribution < 1.29 is 4.79 Å². The summed E-state index contributed by atoms with van der Waals surface area (Å²) in [7, 11) is 0. The summed E-state index contributed by atoms with van der Waals surface area (Å²) in [6.45, 7) is 3.84. The molecule has 0 amide bonds. The molecule has 1 heteroatoms. The van der Waals surface area contributed by atoms with Crippen LogP contribution in [0.5, 0.6) is 0 Å². The number of benzene rings is 3.